The molecule has 1 fully saturated rings. The molecule has 2 aliphatic rings. The maximum absolute atomic E-state index is 12.6. The zero-order chi connectivity index (χ0) is 24.1. The van der Waals surface area contributed by atoms with E-state index in [0.717, 1.165) is 22.3 Å². The number of amides is 2. The minimum Gasteiger partial charge on any atom is -0.479 e. The zero-order valence-corrected chi connectivity index (χ0v) is 18.5. The van der Waals surface area contributed by atoms with Crippen molar-refractivity contribution in [2.24, 2.45) is 5.92 Å². The Bertz CT molecular complexity index is 1080. The van der Waals surface area contributed by atoms with Crippen LogP contribution in [0.1, 0.15) is 29.9 Å². The van der Waals surface area contributed by atoms with E-state index < -0.39 is 30.1 Å². The van der Waals surface area contributed by atoms with E-state index in [1.54, 1.807) is 0 Å². The van der Waals surface area contributed by atoms with Crippen LogP contribution < -0.4 is 10.6 Å². The van der Waals surface area contributed by atoms with Crippen molar-refractivity contribution < 1.29 is 29.0 Å². The number of carbonyl (C=O) groups is 3. The minimum absolute atomic E-state index is 0.0282. The molecule has 34 heavy (non-hydrogen) atoms. The van der Waals surface area contributed by atoms with Gasteiger partial charge in [0.1, 0.15) is 12.6 Å². The lowest BCUT2D eigenvalue weighted by atomic mass is 9.98. The summed E-state index contributed by atoms with van der Waals surface area (Å²) >= 11 is 0. The molecule has 3 N–H and O–H groups in total. The van der Waals surface area contributed by atoms with E-state index in [1.807, 2.05) is 48.5 Å². The SMILES string of the molecule is C#CCC(NC(=O)OCC1c2ccccc2-c2ccccc21)C(=O)NCC1CCOC1C(=O)O. The molecule has 1 saturated heterocycles. The van der Waals surface area contributed by atoms with E-state index in [0.29, 0.717) is 13.0 Å². The minimum atomic E-state index is -1.06. The Morgan fingerprint density at radius 2 is 1.76 bits per heavy atom. The van der Waals surface area contributed by atoms with Gasteiger partial charge in [-0.25, -0.2) is 9.59 Å². The fourth-order valence-electron chi connectivity index (χ4n) is 4.58. The molecule has 0 radical (unpaired) electrons. The molecule has 0 spiro atoms. The van der Waals surface area contributed by atoms with E-state index in [9.17, 15) is 19.5 Å². The molecule has 0 bridgehead atoms. The summed E-state index contributed by atoms with van der Waals surface area (Å²) in [6.07, 6.45) is 4.18. The van der Waals surface area contributed by atoms with Gasteiger partial charge in [0.2, 0.25) is 5.91 Å². The maximum Gasteiger partial charge on any atom is 0.407 e. The highest BCUT2D eigenvalue weighted by Gasteiger charge is 2.35. The molecule has 0 aromatic heterocycles. The third kappa shape index (κ3) is 4.90. The fourth-order valence-corrected chi connectivity index (χ4v) is 4.58. The summed E-state index contributed by atoms with van der Waals surface area (Å²) < 4.78 is 10.7. The molecule has 3 unspecified atom stereocenters. The van der Waals surface area contributed by atoms with Crippen molar-refractivity contribution in [2.75, 3.05) is 19.8 Å². The molecular weight excluding hydrogens is 436 g/mol. The largest absolute Gasteiger partial charge is 0.479 e. The van der Waals surface area contributed by atoms with Crippen LogP contribution in [-0.2, 0) is 19.1 Å². The third-order valence-corrected chi connectivity index (χ3v) is 6.27. The van der Waals surface area contributed by atoms with Crippen LogP contribution in [0.5, 0.6) is 0 Å². The number of benzene rings is 2. The Morgan fingerprint density at radius 1 is 1.12 bits per heavy atom. The molecule has 1 aliphatic heterocycles. The normalized spacial score (nSPS) is 19.4. The van der Waals surface area contributed by atoms with Gasteiger partial charge < -0.3 is 25.2 Å². The fraction of sp³-hybridized carbons (Fsp3) is 0.346. The first-order valence-corrected chi connectivity index (χ1v) is 11.2. The lowest BCUT2D eigenvalue weighted by Gasteiger charge is -2.20. The predicted octanol–water partition coefficient (Wildman–Crippen LogP) is 2.52. The van der Waals surface area contributed by atoms with E-state index in [-0.39, 0.29) is 31.4 Å². The summed E-state index contributed by atoms with van der Waals surface area (Å²) in [5, 5.41) is 14.4. The first kappa shape index (κ1) is 23.3. The molecule has 2 amide bonds. The first-order valence-electron chi connectivity index (χ1n) is 11.2. The van der Waals surface area contributed by atoms with Gasteiger partial charge in [0, 0.05) is 31.4 Å². The average Bonchev–Trinajstić information content (AvgIpc) is 3.44. The van der Waals surface area contributed by atoms with Gasteiger partial charge in [-0.05, 0) is 28.7 Å². The highest BCUT2D eigenvalue weighted by Crippen LogP contribution is 2.44. The molecule has 2 aromatic rings. The molecule has 2 aromatic carbocycles. The highest BCUT2D eigenvalue weighted by atomic mass is 16.5. The number of terminal acetylenes is 1. The number of carboxylic acid groups (broad SMARTS) is 1. The van der Waals surface area contributed by atoms with Crippen LogP contribution >= 0.6 is 0 Å². The van der Waals surface area contributed by atoms with E-state index in [4.69, 9.17) is 15.9 Å². The number of ether oxygens (including phenoxy) is 2. The summed E-state index contributed by atoms with van der Waals surface area (Å²) in [6, 6.07) is 15.0. The van der Waals surface area contributed by atoms with Crippen LogP contribution in [0.2, 0.25) is 0 Å². The predicted molar refractivity (Wildman–Crippen MR) is 124 cm³/mol. The second-order valence-corrected chi connectivity index (χ2v) is 8.35. The third-order valence-electron chi connectivity index (χ3n) is 6.27. The molecule has 176 valence electrons. The number of rotatable bonds is 8. The van der Waals surface area contributed by atoms with E-state index >= 15 is 0 Å². The topological polar surface area (TPSA) is 114 Å². The van der Waals surface area contributed by atoms with Gasteiger partial charge in [0.15, 0.2) is 6.10 Å². The molecule has 4 rings (SSSR count). The molecule has 3 atom stereocenters. The van der Waals surface area contributed by atoms with Gasteiger partial charge in [-0.15, -0.1) is 12.3 Å². The number of carbonyl (C=O) groups excluding carboxylic acids is 2. The van der Waals surface area contributed by atoms with Gasteiger partial charge in [-0.3, -0.25) is 4.79 Å². The lowest BCUT2D eigenvalue weighted by Crippen LogP contribution is -2.48. The van der Waals surface area contributed by atoms with Crippen molar-refractivity contribution >= 4 is 18.0 Å². The maximum atomic E-state index is 12.6. The monoisotopic (exact) mass is 462 g/mol. The Labute approximate surface area is 197 Å². The van der Waals surface area contributed by atoms with Gasteiger partial charge >= 0.3 is 12.1 Å². The number of hydrogen-bond donors (Lipinski definition) is 3. The van der Waals surface area contributed by atoms with E-state index in [1.165, 1.54) is 0 Å². The van der Waals surface area contributed by atoms with Crippen LogP contribution in [0.15, 0.2) is 48.5 Å². The van der Waals surface area contributed by atoms with Crippen LogP contribution in [0.4, 0.5) is 4.79 Å². The van der Waals surface area contributed by atoms with Gasteiger partial charge in [-0.2, -0.15) is 0 Å². The number of hydrogen-bond acceptors (Lipinski definition) is 5. The summed E-state index contributed by atoms with van der Waals surface area (Å²) in [6.45, 7) is 0.552. The Balaban J connectivity index is 1.34. The molecule has 1 aliphatic carbocycles. The van der Waals surface area contributed by atoms with Crippen LogP contribution in [0.25, 0.3) is 11.1 Å². The van der Waals surface area contributed by atoms with Crippen molar-refractivity contribution in [3.63, 3.8) is 0 Å². The second-order valence-electron chi connectivity index (χ2n) is 8.35. The summed E-state index contributed by atoms with van der Waals surface area (Å²) in [4.78, 5) is 36.4. The molecular formula is C26H26N2O6. The average molecular weight is 463 g/mol. The van der Waals surface area contributed by atoms with Crippen molar-refractivity contribution in [2.45, 2.75) is 30.9 Å². The van der Waals surface area contributed by atoms with Gasteiger partial charge in [0.05, 0.1) is 0 Å². The van der Waals surface area contributed by atoms with Crippen molar-refractivity contribution in [3.05, 3.63) is 59.7 Å². The lowest BCUT2D eigenvalue weighted by molar-refractivity contribution is -0.149. The van der Waals surface area contributed by atoms with Crippen molar-refractivity contribution in [1.82, 2.24) is 10.6 Å². The first-order chi connectivity index (χ1) is 16.5. The molecule has 0 saturated carbocycles. The molecule has 1 heterocycles. The van der Waals surface area contributed by atoms with Crippen LogP contribution in [0.3, 0.4) is 0 Å². The van der Waals surface area contributed by atoms with Crippen LogP contribution in [0, 0.1) is 18.3 Å². The Hall–Kier alpha value is -3.83. The van der Waals surface area contributed by atoms with Gasteiger partial charge in [0.25, 0.3) is 0 Å². The van der Waals surface area contributed by atoms with Crippen molar-refractivity contribution in [1.29, 1.82) is 0 Å². The number of fused-ring (bicyclic) bond motifs is 3. The standard InChI is InChI=1S/C26H26N2O6/c1-2-7-22(24(29)27-14-16-12-13-33-23(16)25(30)31)28-26(32)34-15-21-19-10-5-3-8-17(19)18-9-4-6-11-20(18)21/h1,3-6,8-11,16,21-23H,7,12-15H2,(H,27,29)(H,28,32)(H,30,31). The van der Waals surface area contributed by atoms with E-state index in [2.05, 4.69) is 16.6 Å². The summed E-state index contributed by atoms with van der Waals surface area (Å²) in [5.74, 6) is 0.375. The molecule has 8 nitrogen and oxygen atoms in total. The Morgan fingerprint density at radius 3 is 2.38 bits per heavy atom. The van der Waals surface area contributed by atoms with Crippen molar-refractivity contribution in [3.8, 4) is 23.5 Å². The number of carboxylic acids is 1. The molecule has 8 heteroatoms. The smallest absolute Gasteiger partial charge is 0.407 e. The summed E-state index contributed by atoms with van der Waals surface area (Å²) in [7, 11) is 0. The summed E-state index contributed by atoms with van der Waals surface area (Å²) in [5.41, 5.74) is 4.40. The highest BCUT2D eigenvalue weighted by molar-refractivity contribution is 5.86. The Kier molecular flexibility index (Phi) is 7.14. The zero-order valence-electron chi connectivity index (χ0n) is 18.5. The number of aliphatic carboxylic acids is 1. The number of alkyl carbamates (subject to hydrolysis) is 1. The quantitative estimate of drug-likeness (QED) is 0.520. The van der Waals surface area contributed by atoms with Crippen LogP contribution in [-0.4, -0.2) is 55.0 Å². The number of nitrogens with one attached hydrogen (secondary N) is 2. The second kappa shape index (κ2) is 10.4. The van der Waals surface area contributed by atoms with Gasteiger partial charge in [-0.1, -0.05) is 48.5 Å².